The van der Waals surface area contributed by atoms with Gasteiger partial charge in [-0.1, -0.05) is 0 Å². The van der Waals surface area contributed by atoms with Crippen molar-refractivity contribution in [3.05, 3.63) is 17.0 Å². The Balaban J connectivity index is 1.71. The Labute approximate surface area is 127 Å². The van der Waals surface area contributed by atoms with E-state index in [0.717, 1.165) is 44.1 Å². The lowest BCUT2D eigenvalue weighted by Gasteiger charge is -2.32. The standard InChI is InChI=1S/C15H27N5O/c1-12-13(2)17-20(14(12)3)11-15(21)16-5-6-19-9-7-18(4)8-10-19/h5-11H2,1-4H3,(H,16,21). The molecule has 118 valence electrons. The lowest BCUT2D eigenvalue weighted by Crippen LogP contribution is -2.47. The molecule has 0 aromatic carbocycles. The largest absolute Gasteiger partial charge is 0.353 e. The van der Waals surface area contributed by atoms with Gasteiger partial charge in [0.25, 0.3) is 0 Å². The van der Waals surface area contributed by atoms with Crippen molar-refractivity contribution in [1.82, 2.24) is 24.9 Å². The molecule has 2 heterocycles. The van der Waals surface area contributed by atoms with Crippen molar-refractivity contribution in [2.24, 2.45) is 0 Å². The second-order valence-corrected chi connectivity index (χ2v) is 5.95. The Morgan fingerprint density at radius 2 is 1.86 bits per heavy atom. The molecular formula is C15H27N5O. The molecule has 0 unspecified atom stereocenters. The van der Waals surface area contributed by atoms with Crippen molar-refractivity contribution in [3.8, 4) is 0 Å². The molecule has 0 radical (unpaired) electrons. The highest BCUT2D eigenvalue weighted by Gasteiger charge is 2.14. The second kappa shape index (κ2) is 7.04. The summed E-state index contributed by atoms with van der Waals surface area (Å²) in [5.74, 6) is 0.0368. The summed E-state index contributed by atoms with van der Waals surface area (Å²) >= 11 is 0. The van der Waals surface area contributed by atoms with E-state index in [4.69, 9.17) is 0 Å². The van der Waals surface area contributed by atoms with Crippen LogP contribution in [0.1, 0.15) is 17.0 Å². The Bertz CT molecular complexity index is 488. The van der Waals surface area contributed by atoms with Gasteiger partial charge in [0.1, 0.15) is 6.54 Å². The smallest absolute Gasteiger partial charge is 0.241 e. The minimum atomic E-state index is 0.0368. The first kappa shape index (κ1) is 16.0. The number of rotatable bonds is 5. The summed E-state index contributed by atoms with van der Waals surface area (Å²) in [5, 5.41) is 7.39. The van der Waals surface area contributed by atoms with Crippen LogP contribution in [-0.4, -0.2) is 71.8 Å². The van der Waals surface area contributed by atoms with Gasteiger partial charge in [0.05, 0.1) is 5.69 Å². The molecule has 6 heteroatoms. The second-order valence-electron chi connectivity index (χ2n) is 5.95. The zero-order valence-corrected chi connectivity index (χ0v) is 13.6. The fourth-order valence-corrected chi connectivity index (χ4v) is 2.56. The molecule has 0 atom stereocenters. The Kier molecular flexibility index (Phi) is 5.36. The number of carbonyl (C=O) groups excluding carboxylic acids is 1. The van der Waals surface area contributed by atoms with Gasteiger partial charge in [-0.3, -0.25) is 14.4 Å². The van der Waals surface area contributed by atoms with E-state index in [2.05, 4.69) is 27.3 Å². The molecule has 0 aliphatic carbocycles. The maximum absolute atomic E-state index is 12.0. The highest BCUT2D eigenvalue weighted by Crippen LogP contribution is 2.10. The fourth-order valence-electron chi connectivity index (χ4n) is 2.56. The van der Waals surface area contributed by atoms with Crippen LogP contribution in [-0.2, 0) is 11.3 Å². The maximum atomic E-state index is 12.0. The predicted molar refractivity (Wildman–Crippen MR) is 83.4 cm³/mol. The SMILES string of the molecule is Cc1nn(CC(=O)NCCN2CCN(C)CC2)c(C)c1C. The quantitative estimate of drug-likeness (QED) is 0.841. The van der Waals surface area contributed by atoms with Crippen LogP contribution in [0.25, 0.3) is 0 Å². The van der Waals surface area contributed by atoms with Crippen LogP contribution in [0.2, 0.25) is 0 Å². The molecule has 0 bridgehead atoms. The molecule has 1 N–H and O–H groups in total. The van der Waals surface area contributed by atoms with Gasteiger partial charge >= 0.3 is 0 Å². The molecular weight excluding hydrogens is 266 g/mol. The van der Waals surface area contributed by atoms with Crippen molar-refractivity contribution in [1.29, 1.82) is 0 Å². The van der Waals surface area contributed by atoms with E-state index in [1.807, 2.05) is 20.8 Å². The molecule has 1 aliphatic heterocycles. The van der Waals surface area contributed by atoms with Crippen molar-refractivity contribution in [2.45, 2.75) is 27.3 Å². The fraction of sp³-hybridized carbons (Fsp3) is 0.733. The summed E-state index contributed by atoms with van der Waals surface area (Å²) in [7, 11) is 2.15. The normalized spacial score (nSPS) is 17.1. The summed E-state index contributed by atoms with van der Waals surface area (Å²) in [4.78, 5) is 16.7. The highest BCUT2D eigenvalue weighted by molar-refractivity contribution is 5.75. The van der Waals surface area contributed by atoms with Gasteiger partial charge in [-0.15, -0.1) is 0 Å². The monoisotopic (exact) mass is 293 g/mol. The van der Waals surface area contributed by atoms with Crippen molar-refractivity contribution >= 4 is 5.91 Å². The highest BCUT2D eigenvalue weighted by atomic mass is 16.2. The molecule has 2 rings (SSSR count). The van der Waals surface area contributed by atoms with Gasteiger partial charge in [0.15, 0.2) is 0 Å². The summed E-state index contributed by atoms with van der Waals surface area (Å²) in [6, 6.07) is 0. The van der Waals surface area contributed by atoms with Crippen molar-refractivity contribution < 1.29 is 4.79 Å². The average Bonchev–Trinajstić information content (AvgIpc) is 2.68. The molecule has 0 spiro atoms. The number of amides is 1. The molecule has 1 amide bonds. The van der Waals surface area contributed by atoms with E-state index in [1.165, 1.54) is 5.56 Å². The first-order valence-corrected chi connectivity index (χ1v) is 7.65. The number of carbonyl (C=O) groups is 1. The third kappa shape index (κ3) is 4.28. The number of hydrogen-bond acceptors (Lipinski definition) is 4. The topological polar surface area (TPSA) is 53.4 Å². The van der Waals surface area contributed by atoms with Crippen LogP contribution in [0.15, 0.2) is 0 Å². The number of nitrogens with zero attached hydrogens (tertiary/aromatic N) is 4. The minimum Gasteiger partial charge on any atom is -0.353 e. The maximum Gasteiger partial charge on any atom is 0.241 e. The molecule has 1 saturated heterocycles. The Morgan fingerprint density at radius 1 is 1.19 bits per heavy atom. The van der Waals surface area contributed by atoms with E-state index in [9.17, 15) is 4.79 Å². The first-order chi connectivity index (χ1) is 9.97. The summed E-state index contributed by atoms with van der Waals surface area (Å²) in [6.07, 6.45) is 0. The number of likely N-dealkylation sites (N-methyl/N-ethyl adjacent to an activating group) is 1. The van der Waals surface area contributed by atoms with Crippen LogP contribution in [0.4, 0.5) is 0 Å². The average molecular weight is 293 g/mol. The zero-order valence-electron chi connectivity index (χ0n) is 13.6. The predicted octanol–water partition coefficient (Wildman–Crippen LogP) is 0.172. The molecule has 1 aromatic rings. The van der Waals surface area contributed by atoms with Crippen LogP contribution in [0, 0.1) is 20.8 Å². The van der Waals surface area contributed by atoms with Gasteiger partial charge < -0.3 is 10.2 Å². The number of hydrogen-bond donors (Lipinski definition) is 1. The third-order valence-corrected chi connectivity index (χ3v) is 4.38. The van der Waals surface area contributed by atoms with Crippen molar-refractivity contribution in [2.75, 3.05) is 46.3 Å². The van der Waals surface area contributed by atoms with E-state index in [1.54, 1.807) is 4.68 Å². The summed E-state index contributed by atoms with van der Waals surface area (Å²) < 4.78 is 1.79. The number of piperazine rings is 1. The van der Waals surface area contributed by atoms with Gasteiger partial charge in [0, 0.05) is 45.0 Å². The van der Waals surface area contributed by atoms with Gasteiger partial charge in [-0.05, 0) is 33.4 Å². The van der Waals surface area contributed by atoms with E-state index in [0.29, 0.717) is 13.1 Å². The van der Waals surface area contributed by atoms with Gasteiger partial charge in [-0.25, -0.2) is 0 Å². The lowest BCUT2D eigenvalue weighted by atomic mass is 10.2. The first-order valence-electron chi connectivity index (χ1n) is 7.65. The molecule has 1 aliphatic rings. The van der Waals surface area contributed by atoms with E-state index in [-0.39, 0.29) is 5.91 Å². The van der Waals surface area contributed by atoms with E-state index < -0.39 is 0 Å². The number of nitrogens with one attached hydrogen (secondary N) is 1. The lowest BCUT2D eigenvalue weighted by molar-refractivity contribution is -0.121. The van der Waals surface area contributed by atoms with Crippen LogP contribution < -0.4 is 5.32 Å². The van der Waals surface area contributed by atoms with Crippen LogP contribution >= 0.6 is 0 Å². The summed E-state index contributed by atoms with van der Waals surface area (Å²) in [6.45, 7) is 12.4. The number of aryl methyl sites for hydroxylation is 1. The Morgan fingerprint density at radius 3 is 2.43 bits per heavy atom. The van der Waals surface area contributed by atoms with Crippen LogP contribution in [0.5, 0.6) is 0 Å². The van der Waals surface area contributed by atoms with E-state index >= 15 is 0 Å². The molecule has 1 aromatic heterocycles. The minimum absolute atomic E-state index is 0.0368. The van der Waals surface area contributed by atoms with Gasteiger partial charge in [-0.2, -0.15) is 5.10 Å². The summed E-state index contributed by atoms with van der Waals surface area (Å²) in [5.41, 5.74) is 3.24. The zero-order chi connectivity index (χ0) is 15.4. The van der Waals surface area contributed by atoms with Gasteiger partial charge in [0.2, 0.25) is 5.91 Å². The number of aromatic nitrogens is 2. The Hall–Kier alpha value is -1.40. The molecule has 6 nitrogen and oxygen atoms in total. The molecule has 21 heavy (non-hydrogen) atoms. The molecule has 1 fully saturated rings. The molecule has 0 saturated carbocycles. The van der Waals surface area contributed by atoms with Crippen molar-refractivity contribution in [3.63, 3.8) is 0 Å². The third-order valence-electron chi connectivity index (χ3n) is 4.38. The van der Waals surface area contributed by atoms with Crippen LogP contribution in [0.3, 0.4) is 0 Å².